The number of nitrogens with one attached hydrogen (secondary N) is 1. The number of hydrogen-bond donors (Lipinski definition) is 1. The van der Waals surface area contributed by atoms with Crippen molar-refractivity contribution in [3.8, 4) is 0 Å². The fourth-order valence-corrected chi connectivity index (χ4v) is 3.25. The van der Waals surface area contributed by atoms with Gasteiger partial charge in [-0.25, -0.2) is 0 Å². The van der Waals surface area contributed by atoms with Crippen molar-refractivity contribution in [3.05, 3.63) is 35.9 Å². The first kappa shape index (κ1) is 13.1. The first-order chi connectivity index (χ1) is 9.35. The molecule has 1 aliphatic carbocycles. The summed E-state index contributed by atoms with van der Waals surface area (Å²) in [7, 11) is 0. The Labute approximate surface area is 117 Å². The summed E-state index contributed by atoms with van der Waals surface area (Å²) in [4.78, 5) is 2.69. The molecule has 1 heterocycles. The van der Waals surface area contributed by atoms with Gasteiger partial charge in [-0.3, -0.25) is 4.90 Å². The zero-order valence-electron chi connectivity index (χ0n) is 12.0. The van der Waals surface area contributed by atoms with Gasteiger partial charge in [-0.1, -0.05) is 37.3 Å². The van der Waals surface area contributed by atoms with Gasteiger partial charge in [-0.05, 0) is 37.7 Å². The Morgan fingerprint density at radius 2 is 2.00 bits per heavy atom. The molecule has 3 rings (SSSR count). The summed E-state index contributed by atoms with van der Waals surface area (Å²) >= 11 is 0. The van der Waals surface area contributed by atoms with Gasteiger partial charge in [-0.15, -0.1) is 0 Å². The average molecular weight is 258 g/mol. The van der Waals surface area contributed by atoms with Gasteiger partial charge in [-0.2, -0.15) is 0 Å². The van der Waals surface area contributed by atoms with Crippen LogP contribution < -0.4 is 5.32 Å². The van der Waals surface area contributed by atoms with Crippen molar-refractivity contribution in [2.24, 2.45) is 0 Å². The minimum absolute atomic E-state index is 0.631. The van der Waals surface area contributed by atoms with E-state index < -0.39 is 0 Å². The van der Waals surface area contributed by atoms with E-state index in [1.165, 1.54) is 44.3 Å². The average Bonchev–Trinajstić information content (AvgIpc) is 3.20. The standard InChI is InChI=1S/C17H26N2/c1-2-15(12-14-6-4-3-5-7-14)18-16-10-11-19(13-16)17-8-9-17/h3-7,15-18H,2,8-13H2,1H3. The summed E-state index contributed by atoms with van der Waals surface area (Å²) in [6.45, 7) is 4.88. The molecule has 2 heteroatoms. The highest BCUT2D eigenvalue weighted by Gasteiger charge is 2.34. The highest BCUT2D eigenvalue weighted by atomic mass is 15.2. The summed E-state index contributed by atoms with van der Waals surface area (Å²) in [6.07, 6.45) is 6.59. The summed E-state index contributed by atoms with van der Waals surface area (Å²) in [5.74, 6) is 0. The Bertz CT molecular complexity index is 386. The number of likely N-dealkylation sites (tertiary alicyclic amines) is 1. The van der Waals surface area contributed by atoms with Gasteiger partial charge in [0.15, 0.2) is 0 Å². The first-order valence-electron chi connectivity index (χ1n) is 7.89. The maximum Gasteiger partial charge on any atom is 0.0210 e. The molecule has 0 radical (unpaired) electrons. The van der Waals surface area contributed by atoms with Crippen LogP contribution in [0.25, 0.3) is 0 Å². The topological polar surface area (TPSA) is 15.3 Å². The van der Waals surface area contributed by atoms with Crippen LogP contribution in [0.15, 0.2) is 30.3 Å². The second kappa shape index (κ2) is 6.06. The molecule has 1 saturated heterocycles. The molecule has 2 atom stereocenters. The van der Waals surface area contributed by atoms with Crippen molar-refractivity contribution in [1.82, 2.24) is 10.2 Å². The Hall–Kier alpha value is -0.860. The largest absolute Gasteiger partial charge is 0.310 e. The highest BCUT2D eigenvalue weighted by molar-refractivity contribution is 5.16. The first-order valence-corrected chi connectivity index (χ1v) is 7.89. The summed E-state index contributed by atoms with van der Waals surface area (Å²) in [5.41, 5.74) is 1.46. The lowest BCUT2D eigenvalue weighted by Gasteiger charge is -2.22. The monoisotopic (exact) mass is 258 g/mol. The molecule has 0 bridgehead atoms. The van der Waals surface area contributed by atoms with Crippen LogP contribution in [0.5, 0.6) is 0 Å². The third-order valence-corrected chi connectivity index (χ3v) is 4.57. The number of rotatable bonds is 6. The number of benzene rings is 1. The molecule has 1 aromatic rings. The fourth-order valence-electron chi connectivity index (χ4n) is 3.25. The van der Waals surface area contributed by atoms with Crippen molar-refractivity contribution in [3.63, 3.8) is 0 Å². The normalized spacial score (nSPS) is 25.6. The molecule has 2 unspecified atom stereocenters. The minimum Gasteiger partial charge on any atom is -0.310 e. The van der Waals surface area contributed by atoms with Crippen LogP contribution in [-0.4, -0.2) is 36.1 Å². The molecule has 104 valence electrons. The third kappa shape index (κ3) is 3.58. The van der Waals surface area contributed by atoms with Crippen molar-refractivity contribution in [2.75, 3.05) is 13.1 Å². The van der Waals surface area contributed by atoms with Gasteiger partial charge in [0.25, 0.3) is 0 Å². The molecule has 1 N–H and O–H groups in total. The molecule has 2 nitrogen and oxygen atoms in total. The van der Waals surface area contributed by atoms with E-state index in [2.05, 4.69) is 47.5 Å². The lowest BCUT2D eigenvalue weighted by atomic mass is 10.0. The van der Waals surface area contributed by atoms with E-state index in [1.807, 2.05) is 0 Å². The third-order valence-electron chi connectivity index (χ3n) is 4.57. The molecule has 0 amide bonds. The molecule has 1 aromatic carbocycles. The van der Waals surface area contributed by atoms with Crippen molar-refractivity contribution in [2.45, 2.75) is 57.2 Å². The van der Waals surface area contributed by atoms with E-state index in [1.54, 1.807) is 0 Å². The number of nitrogens with zero attached hydrogens (tertiary/aromatic N) is 1. The van der Waals surface area contributed by atoms with E-state index in [4.69, 9.17) is 0 Å². The van der Waals surface area contributed by atoms with Crippen molar-refractivity contribution < 1.29 is 0 Å². The van der Waals surface area contributed by atoms with Gasteiger partial charge < -0.3 is 5.32 Å². The maximum absolute atomic E-state index is 3.89. The number of hydrogen-bond acceptors (Lipinski definition) is 2. The molecular weight excluding hydrogens is 232 g/mol. The van der Waals surface area contributed by atoms with Gasteiger partial charge >= 0.3 is 0 Å². The summed E-state index contributed by atoms with van der Waals surface area (Å²) in [6, 6.07) is 13.2. The second-order valence-electron chi connectivity index (χ2n) is 6.17. The molecule has 1 saturated carbocycles. The Balaban J connectivity index is 1.49. The molecular formula is C17H26N2. The lowest BCUT2D eigenvalue weighted by molar-refractivity contribution is 0.310. The van der Waals surface area contributed by atoms with Crippen LogP contribution in [0.3, 0.4) is 0 Å². The van der Waals surface area contributed by atoms with E-state index in [9.17, 15) is 0 Å². The van der Waals surface area contributed by atoms with Crippen LogP contribution in [0.4, 0.5) is 0 Å². The molecule has 2 aliphatic rings. The van der Waals surface area contributed by atoms with E-state index in [0.717, 1.165) is 12.5 Å². The van der Waals surface area contributed by atoms with Crippen LogP contribution in [0, 0.1) is 0 Å². The molecule has 0 aromatic heterocycles. The van der Waals surface area contributed by atoms with Gasteiger partial charge in [0, 0.05) is 31.2 Å². The van der Waals surface area contributed by atoms with Crippen LogP contribution >= 0.6 is 0 Å². The molecule has 19 heavy (non-hydrogen) atoms. The Kier molecular flexibility index (Phi) is 4.19. The summed E-state index contributed by atoms with van der Waals surface area (Å²) in [5, 5.41) is 3.89. The minimum atomic E-state index is 0.631. The molecule has 1 aliphatic heterocycles. The fraction of sp³-hybridized carbons (Fsp3) is 0.647. The quantitative estimate of drug-likeness (QED) is 0.844. The molecule has 2 fully saturated rings. The zero-order chi connectivity index (χ0) is 13.1. The Morgan fingerprint density at radius 3 is 2.68 bits per heavy atom. The van der Waals surface area contributed by atoms with Crippen LogP contribution in [0.1, 0.15) is 38.2 Å². The van der Waals surface area contributed by atoms with Gasteiger partial charge in [0.1, 0.15) is 0 Å². The SMILES string of the molecule is CCC(Cc1ccccc1)NC1CCN(C2CC2)C1. The van der Waals surface area contributed by atoms with E-state index >= 15 is 0 Å². The lowest BCUT2D eigenvalue weighted by Crippen LogP contribution is -2.41. The van der Waals surface area contributed by atoms with Gasteiger partial charge in [0.2, 0.25) is 0 Å². The predicted octanol–water partition coefficient (Wildman–Crippen LogP) is 2.83. The molecule has 0 spiro atoms. The van der Waals surface area contributed by atoms with Crippen molar-refractivity contribution in [1.29, 1.82) is 0 Å². The maximum atomic E-state index is 3.89. The van der Waals surface area contributed by atoms with E-state index in [-0.39, 0.29) is 0 Å². The Morgan fingerprint density at radius 1 is 1.21 bits per heavy atom. The highest BCUT2D eigenvalue weighted by Crippen LogP contribution is 2.30. The smallest absolute Gasteiger partial charge is 0.0210 e. The van der Waals surface area contributed by atoms with Gasteiger partial charge in [0.05, 0.1) is 0 Å². The van der Waals surface area contributed by atoms with E-state index in [0.29, 0.717) is 12.1 Å². The van der Waals surface area contributed by atoms with Crippen LogP contribution in [-0.2, 0) is 6.42 Å². The predicted molar refractivity (Wildman–Crippen MR) is 80.4 cm³/mol. The summed E-state index contributed by atoms with van der Waals surface area (Å²) < 4.78 is 0. The zero-order valence-corrected chi connectivity index (χ0v) is 12.0. The second-order valence-corrected chi connectivity index (χ2v) is 6.17. The van der Waals surface area contributed by atoms with Crippen molar-refractivity contribution >= 4 is 0 Å². The van der Waals surface area contributed by atoms with Crippen LogP contribution in [0.2, 0.25) is 0 Å².